The highest BCUT2D eigenvalue weighted by Gasteiger charge is 2.31. The Morgan fingerprint density at radius 3 is 2.57 bits per heavy atom. The zero-order valence-electron chi connectivity index (χ0n) is 17.1. The summed E-state index contributed by atoms with van der Waals surface area (Å²) >= 11 is 0. The van der Waals surface area contributed by atoms with Crippen molar-refractivity contribution in [1.82, 2.24) is 0 Å². The van der Waals surface area contributed by atoms with Gasteiger partial charge in [0.25, 0.3) is 6.02 Å². The number of fused-ring (bicyclic) bond motifs is 1. The summed E-state index contributed by atoms with van der Waals surface area (Å²) in [5.74, 6) is 0. The average molecular weight is 379 g/mol. The summed E-state index contributed by atoms with van der Waals surface area (Å²) in [4.78, 5) is 18.8. The highest BCUT2D eigenvalue weighted by molar-refractivity contribution is 5.96. The van der Waals surface area contributed by atoms with E-state index in [1.165, 1.54) is 0 Å². The van der Waals surface area contributed by atoms with Crippen LogP contribution in [-0.2, 0) is 9.53 Å². The Bertz CT molecular complexity index is 817. The summed E-state index contributed by atoms with van der Waals surface area (Å²) in [6.45, 7) is 6.46. The molecule has 0 saturated heterocycles. The quantitative estimate of drug-likeness (QED) is 0.520. The Labute approximate surface area is 168 Å². The molecule has 2 aromatic carbocycles. The van der Waals surface area contributed by atoms with Gasteiger partial charge in [0.05, 0.1) is 5.69 Å². The molecule has 4 heteroatoms. The van der Waals surface area contributed by atoms with Gasteiger partial charge >= 0.3 is 0 Å². The highest BCUT2D eigenvalue weighted by atomic mass is 16.5. The van der Waals surface area contributed by atoms with Crippen molar-refractivity contribution in [1.29, 1.82) is 0 Å². The Morgan fingerprint density at radius 1 is 1.11 bits per heavy atom. The lowest BCUT2D eigenvalue weighted by Gasteiger charge is -2.36. The molecule has 2 aromatic rings. The van der Waals surface area contributed by atoms with Gasteiger partial charge in [-0.1, -0.05) is 63.4 Å². The Kier molecular flexibility index (Phi) is 6.85. The lowest BCUT2D eigenvalue weighted by Crippen LogP contribution is -2.43. The molecule has 0 saturated carbocycles. The van der Waals surface area contributed by atoms with E-state index in [4.69, 9.17) is 9.73 Å². The third kappa shape index (κ3) is 4.44. The van der Waals surface area contributed by atoms with Gasteiger partial charge in [-0.3, -0.25) is 9.69 Å². The van der Waals surface area contributed by atoms with E-state index < -0.39 is 6.10 Å². The topological polar surface area (TPSA) is 41.9 Å². The van der Waals surface area contributed by atoms with Crippen LogP contribution in [0.1, 0.15) is 63.2 Å². The van der Waals surface area contributed by atoms with E-state index in [2.05, 4.69) is 30.9 Å². The first-order valence-corrected chi connectivity index (χ1v) is 10.3. The molecular formula is C24H30N2O2. The number of aldehydes is 1. The van der Waals surface area contributed by atoms with Gasteiger partial charge < -0.3 is 4.74 Å². The number of hydrogen-bond acceptors (Lipinski definition) is 4. The van der Waals surface area contributed by atoms with E-state index in [0.29, 0.717) is 6.02 Å². The van der Waals surface area contributed by atoms with E-state index >= 15 is 0 Å². The minimum Gasteiger partial charge on any atom is -0.449 e. The lowest BCUT2D eigenvalue weighted by atomic mass is 10.0. The molecule has 148 valence electrons. The Hall–Kier alpha value is -2.62. The van der Waals surface area contributed by atoms with Crippen molar-refractivity contribution in [3.63, 3.8) is 0 Å². The van der Waals surface area contributed by atoms with Crippen LogP contribution in [0.15, 0.2) is 53.5 Å². The van der Waals surface area contributed by atoms with Crippen LogP contribution in [-0.4, -0.2) is 18.3 Å². The Balaban J connectivity index is 2.07. The summed E-state index contributed by atoms with van der Waals surface area (Å²) in [5, 5.41) is 0. The molecule has 0 aromatic heterocycles. The number of carbonyl (C=O) groups is 1. The number of benzene rings is 2. The van der Waals surface area contributed by atoms with Crippen LogP contribution in [0, 0.1) is 6.92 Å². The van der Waals surface area contributed by atoms with Crippen LogP contribution >= 0.6 is 0 Å². The smallest absolute Gasteiger partial charge is 0.298 e. The first-order chi connectivity index (χ1) is 13.7. The van der Waals surface area contributed by atoms with Crippen molar-refractivity contribution in [2.45, 2.75) is 65.0 Å². The number of nitrogens with zero attached hydrogens (tertiary/aromatic N) is 2. The third-order valence-corrected chi connectivity index (χ3v) is 5.18. The molecule has 0 aliphatic carbocycles. The summed E-state index contributed by atoms with van der Waals surface area (Å²) in [7, 11) is 0. The fourth-order valence-corrected chi connectivity index (χ4v) is 3.75. The molecule has 0 spiro atoms. The van der Waals surface area contributed by atoms with Gasteiger partial charge in [0, 0.05) is 17.3 Å². The minimum atomic E-state index is -0.622. The van der Waals surface area contributed by atoms with Gasteiger partial charge in [-0.05, 0) is 43.5 Å². The van der Waals surface area contributed by atoms with Crippen LogP contribution < -0.4 is 4.90 Å². The van der Waals surface area contributed by atoms with Gasteiger partial charge in [0.1, 0.15) is 0 Å². The van der Waals surface area contributed by atoms with E-state index in [1.54, 1.807) is 0 Å². The first-order valence-electron chi connectivity index (χ1n) is 10.3. The molecular weight excluding hydrogens is 348 g/mol. The standard InChI is InChI=1S/C24H30N2O2/c1-4-6-11-19(10-5-2)26(20-12-8-7-9-13-20)24-25-22-16-18(3)14-15-21(22)23(17-27)28-24/h7-9,12-17,19,23H,4-6,10-11H2,1-3H3. The molecule has 1 aliphatic rings. The van der Waals surface area contributed by atoms with Gasteiger partial charge in [0.2, 0.25) is 0 Å². The van der Waals surface area contributed by atoms with Crippen molar-refractivity contribution in [2.75, 3.05) is 4.90 Å². The maximum atomic E-state index is 11.8. The summed E-state index contributed by atoms with van der Waals surface area (Å²) in [6.07, 6.45) is 5.73. The molecule has 2 atom stereocenters. The summed E-state index contributed by atoms with van der Waals surface area (Å²) in [5.41, 5.74) is 3.83. The summed E-state index contributed by atoms with van der Waals surface area (Å²) < 4.78 is 6.13. The van der Waals surface area contributed by atoms with Crippen LogP contribution in [0.4, 0.5) is 11.4 Å². The zero-order chi connectivity index (χ0) is 19.9. The van der Waals surface area contributed by atoms with Gasteiger partial charge in [0.15, 0.2) is 12.4 Å². The molecule has 28 heavy (non-hydrogen) atoms. The van der Waals surface area contributed by atoms with E-state index in [1.807, 2.05) is 43.3 Å². The van der Waals surface area contributed by atoms with Crippen LogP contribution in [0.5, 0.6) is 0 Å². The molecule has 0 amide bonds. The predicted octanol–water partition coefficient (Wildman–Crippen LogP) is 6.12. The number of hydrogen-bond donors (Lipinski definition) is 0. The number of para-hydroxylation sites is 1. The number of amidine groups is 1. The van der Waals surface area contributed by atoms with E-state index in [0.717, 1.165) is 60.9 Å². The van der Waals surface area contributed by atoms with Crippen LogP contribution in [0.3, 0.4) is 0 Å². The molecule has 0 N–H and O–H groups in total. The average Bonchev–Trinajstić information content (AvgIpc) is 2.72. The first kappa shape index (κ1) is 20.1. The fourth-order valence-electron chi connectivity index (χ4n) is 3.75. The molecule has 2 unspecified atom stereocenters. The molecule has 0 bridgehead atoms. The van der Waals surface area contributed by atoms with Gasteiger partial charge in [-0.25, -0.2) is 0 Å². The SMILES string of the molecule is CCCCC(CCC)N(C1=Nc2cc(C)ccc2C(C=O)O1)c1ccccc1. The van der Waals surface area contributed by atoms with Crippen molar-refractivity contribution < 1.29 is 9.53 Å². The normalized spacial score (nSPS) is 16.5. The highest BCUT2D eigenvalue weighted by Crippen LogP contribution is 2.35. The summed E-state index contributed by atoms with van der Waals surface area (Å²) in [6, 6.07) is 17.0. The van der Waals surface area contributed by atoms with Gasteiger partial charge in [-0.2, -0.15) is 4.99 Å². The van der Waals surface area contributed by atoms with Crippen molar-refractivity contribution >= 4 is 23.7 Å². The number of aryl methyl sites for hydroxylation is 1. The van der Waals surface area contributed by atoms with Gasteiger partial charge in [-0.15, -0.1) is 0 Å². The van der Waals surface area contributed by atoms with E-state index in [-0.39, 0.29) is 6.04 Å². The second kappa shape index (κ2) is 9.54. The number of aliphatic imine (C=N–C) groups is 1. The molecule has 3 rings (SSSR count). The fraction of sp³-hybridized carbons (Fsp3) is 0.417. The molecule has 0 radical (unpaired) electrons. The number of rotatable bonds is 8. The predicted molar refractivity (Wildman–Crippen MR) is 115 cm³/mol. The second-order valence-corrected chi connectivity index (χ2v) is 7.42. The maximum Gasteiger partial charge on any atom is 0.298 e. The van der Waals surface area contributed by atoms with Crippen molar-refractivity contribution in [2.24, 2.45) is 4.99 Å². The zero-order valence-corrected chi connectivity index (χ0v) is 17.1. The molecule has 1 aliphatic heterocycles. The monoisotopic (exact) mass is 378 g/mol. The maximum absolute atomic E-state index is 11.8. The number of ether oxygens (including phenoxy) is 1. The van der Waals surface area contributed by atoms with Crippen molar-refractivity contribution in [3.8, 4) is 0 Å². The minimum absolute atomic E-state index is 0.282. The molecule has 0 fully saturated rings. The lowest BCUT2D eigenvalue weighted by molar-refractivity contribution is -0.114. The molecule has 1 heterocycles. The largest absolute Gasteiger partial charge is 0.449 e. The van der Waals surface area contributed by atoms with Crippen LogP contribution in [0.25, 0.3) is 0 Å². The number of unbranched alkanes of at least 4 members (excludes halogenated alkanes) is 1. The van der Waals surface area contributed by atoms with Crippen LogP contribution in [0.2, 0.25) is 0 Å². The third-order valence-electron chi connectivity index (χ3n) is 5.18. The van der Waals surface area contributed by atoms with E-state index in [9.17, 15) is 4.79 Å². The van der Waals surface area contributed by atoms with Crippen molar-refractivity contribution in [3.05, 3.63) is 59.7 Å². The molecule has 4 nitrogen and oxygen atoms in total. The Morgan fingerprint density at radius 2 is 1.89 bits per heavy atom. The second-order valence-electron chi connectivity index (χ2n) is 7.42. The number of carbonyl (C=O) groups excluding carboxylic acids is 1. The number of anilines is 1.